The first kappa shape index (κ1) is 22.7. The maximum absolute atomic E-state index is 12.8. The first-order valence-corrected chi connectivity index (χ1v) is 11.4. The Kier molecular flexibility index (Phi) is 6.84. The van der Waals surface area contributed by atoms with Crippen LogP contribution in [-0.4, -0.2) is 14.3 Å². The lowest BCUT2D eigenvalue weighted by Gasteiger charge is -2.13. The molecule has 0 radical (unpaired) electrons. The summed E-state index contributed by atoms with van der Waals surface area (Å²) in [6, 6.07) is 13.3. The number of aryl methyl sites for hydroxylation is 1. The molecule has 0 fully saturated rings. The summed E-state index contributed by atoms with van der Waals surface area (Å²) in [6.45, 7) is 1.77. The Balaban J connectivity index is 1.92. The van der Waals surface area contributed by atoms with Crippen LogP contribution in [0.1, 0.15) is 15.9 Å². The largest absolute Gasteiger partial charge is 0.319 e. The maximum Gasteiger partial charge on any atom is 0.263 e. The number of benzene rings is 3. The van der Waals surface area contributed by atoms with Gasteiger partial charge in [-0.1, -0.05) is 52.5 Å². The van der Waals surface area contributed by atoms with Crippen LogP contribution in [0.2, 0.25) is 20.1 Å². The Labute approximate surface area is 194 Å². The van der Waals surface area contributed by atoms with Crippen LogP contribution in [-0.2, 0) is 10.0 Å². The van der Waals surface area contributed by atoms with E-state index >= 15 is 0 Å². The molecule has 10 heteroatoms. The van der Waals surface area contributed by atoms with Gasteiger partial charge >= 0.3 is 0 Å². The molecule has 3 aromatic rings. The summed E-state index contributed by atoms with van der Waals surface area (Å²) in [4.78, 5) is 12.5. The number of carbonyl (C=O) groups is 1. The molecule has 0 saturated heterocycles. The molecule has 1 amide bonds. The van der Waals surface area contributed by atoms with Gasteiger partial charge in [0.15, 0.2) is 0 Å². The summed E-state index contributed by atoms with van der Waals surface area (Å²) in [5.74, 6) is -0.594. The lowest BCUT2D eigenvalue weighted by atomic mass is 10.2. The lowest BCUT2D eigenvalue weighted by molar-refractivity contribution is 0.102. The van der Waals surface area contributed by atoms with Crippen molar-refractivity contribution in [2.45, 2.75) is 11.8 Å². The van der Waals surface area contributed by atoms with Gasteiger partial charge in [0, 0.05) is 16.3 Å². The van der Waals surface area contributed by atoms with Crippen molar-refractivity contribution in [3.8, 4) is 0 Å². The smallest absolute Gasteiger partial charge is 0.263 e. The molecule has 0 spiro atoms. The number of hydrogen-bond acceptors (Lipinski definition) is 3. The number of anilines is 2. The van der Waals surface area contributed by atoms with E-state index < -0.39 is 15.9 Å². The third-order valence-corrected chi connectivity index (χ3v) is 7.02. The molecule has 0 aliphatic rings. The maximum atomic E-state index is 12.8. The molecule has 0 atom stereocenters. The number of halogens is 4. The molecule has 0 unspecified atom stereocenters. The number of amides is 1. The van der Waals surface area contributed by atoms with Crippen LogP contribution in [0, 0.1) is 6.92 Å². The Morgan fingerprint density at radius 2 is 1.50 bits per heavy atom. The molecule has 3 aromatic carbocycles. The first-order chi connectivity index (χ1) is 14.1. The normalized spacial score (nSPS) is 11.2. The van der Waals surface area contributed by atoms with E-state index in [0.29, 0.717) is 15.7 Å². The fraction of sp³-hybridized carbons (Fsp3) is 0.0500. The fourth-order valence-corrected chi connectivity index (χ4v) is 4.71. The van der Waals surface area contributed by atoms with E-state index in [9.17, 15) is 13.2 Å². The van der Waals surface area contributed by atoms with Crippen molar-refractivity contribution in [1.82, 2.24) is 0 Å². The highest BCUT2D eigenvalue weighted by Gasteiger charge is 2.21. The van der Waals surface area contributed by atoms with E-state index in [-0.39, 0.29) is 26.2 Å². The molecule has 0 aliphatic carbocycles. The van der Waals surface area contributed by atoms with Crippen LogP contribution >= 0.6 is 46.4 Å². The molecular weight excluding hydrogens is 490 g/mol. The fourth-order valence-electron chi connectivity index (χ4n) is 2.54. The molecule has 30 heavy (non-hydrogen) atoms. The van der Waals surface area contributed by atoms with Gasteiger partial charge < -0.3 is 5.32 Å². The summed E-state index contributed by atoms with van der Waals surface area (Å²) in [6.07, 6.45) is 0. The van der Waals surface area contributed by atoms with Gasteiger partial charge in [-0.25, -0.2) is 8.42 Å². The third kappa shape index (κ3) is 5.02. The van der Waals surface area contributed by atoms with Crippen molar-refractivity contribution in [1.29, 1.82) is 0 Å². The van der Waals surface area contributed by atoms with Gasteiger partial charge in [0.2, 0.25) is 0 Å². The van der Waals surface area contributed by atoms with E-state index in [1.54, 1.807) is 31.2 Å². The van der Waals surface area contributed by atoms with Gasteiger partial charge in [-0.15, -0.1) is 0 Å². The van der Waals surface area contributed by atoms with Crippen molar-refractivity contribution < 1.29 is 13.2 Å². The molecule has 0 aliphatic heterocycles. The van der Waals surface area contributed by atoms with E-state index in [1.165, 1.54) is 30.3 Å². The zero-order valence-corrected chi connectivity index (χ0v) is 19.2. The van der Waals surface area contributed by atoms with Crippen molar-refractivity contribution in [2.24, 2.45) is 0 Å². The zero-order valence-electron chi connectivity index (χ0n) is 15.3. The van der Waals surface area contributed by atoms with Crippen molar-refractivity contribution in [3.63, 3.8) is 0 Å². The molecular formula is C20H14Cl4N2O3S. The Hall–Kier alpha value is -1.96. The van der Waals surface area contributed by atoms with Gasteiger partial charge in [0.1, 0.15) is 4.90 Å². The van der Waals surface area contributed by atoms with Crippen LogP contribution in [0.5, 0.6) is 0 Å². The topological polar surface area (TPSA) is 75.3 Å². The quantitative estimate of drug-likeness (QED) is 0.408. The van der Waals surface area contributed by atoms with Crippen molar-refractivity contribution in [3.05, 3.63) is 85.8 Å². The highest BCUT2D eigenvalue weighted by atomic mass is 35.5. The second kappa shape index (κ2) is 9.04. The summed E-state index contributed by atoms with van der Waals surface area (Å²) in [5, 5.41) is 3.58. The minimum Gasteiger partial charge on any atom is -0.319 e. The van der Waals surface area contributed by atoms with Crippen LogP contribution in [0.15, 0.2) is 59.5 Å². The molecule has 156 valence electrons. The van der Waals surface area contributed by atoms with Crippen LogP contribution in [0.25, 0.3) is 0 Å². The van der Waals surface area contributed by atoms with E-state index in [4.69, 9.17) is 46.4 Å². The van der Waals surface area contributed by atoms with Gasteiger partial charge in [-0.2, -0.15) is 0 Å². The SMILES string of the molecule is Cc1ccc(Cl)c(NC(=O)c2ccc(Cl)c(S(=O)(=O)Nc3ccc(Cl)cc3)c2)c1Cl. The average molecular weight is 504 g/mol. The highest BCUT2D eigenvalue weighted by molar-refractivity contribution is 7.92. The number of rotatable bonds is 5. The third-order valence-electron chi connectivity index (χ3n) is 4.10. The van der Waals surface area contributed by atoms with Crippen LogP contribution in [0.3, 0.4) is 0 Å². The molecule has 0 aromatic heterocycles. The summed E-state index contributed by atoms with van der Waals surface area (Å²) >= 11 is 24.3. The lowest BCUT2D eigenvalue weighted by Crippen LogP contribution is -2.17. The molecule has 0 heterocycles. The zero-order chi connectivity index (χ0) is 22.1. The van der Waals surface area contributed by atoms with Crippen LogP contribution in [0.4, 0.5) is 11.4 Å². The summed E-state index contributed by atoms with van der Waals surface area (Å²) < 4.78 is 28.0. The van der Waals surface area contributed by atoms with E-state index in [2.05, 4.69) is 10.0 Å². The van der Waals surface area contributed by atoms with Gasteiger partial charge in [0.25, 0.3) is 15.9 Å². The van der Waals surface area contributed by atoms with E-state index in [0.717, 1.165) is 5.56 Å². The Bertz CT molecular complexity index is 1230. The van der Waals surface area contributed by atoms with E-state index in [1.807, 2.05) is 0 Å². The standard InChI is InChI=1S/C20H14Cl4N2O3S/c1-11-2-8-16(23)19(18(11)24)25-20(27)12-3-9-15(22)17(10-12)30(28,29)26-14-6-4-13(21)5-7-14/h2-10,26H,1H3,(H,25,27). The number of hydrogen-bond donors (Lipinski definition) is 2. The number of nitrogens with one attached hydrogen (secondary N) is 2. The summed E-state index contributed by atoms with van der Waals surface area (Å²) in [7, 11) is -4.07. The second-order valence-electron chi connectivity index (χ2n) is 6.26. The van der Waals surface area contributed by atoms with Crippen molar-refractivity contribution >= 4 is 73.7 Å². The minimum atomic E-state index is -4.07. The van der Waals surface area contributed by atoms with Gasteiger partial charge in [-0.05, 0) is 61.0 Å². The molecule has 3 rings (SSSR count). The molecule has 0 saturated carbocycles. The predicted molar refractivity (Wildman–Crippen MR) is 123 cm³/mol. The molecule has 5 nitrogen and oxygen atoms in total. The molecule has 2 N–H and O–H groups in total. The summed E-state index contributed by atoms with van der Waals surface area (Å²) in [5.41, 5.74) is 1.32. The second-order valence-corrected chi connectivity index (χ2v) is 9.54. The number of carbonyl (C=O) groups excluding carboxylic acids is 1. The van der Waals surface area contributed by atoms with Gasteiger partial charge in [-0.3, -0.25) is 9.52 Å². The first-order valence-electron chi connectivity index (χ1n) is 8.42. The van der Waals surface area contributed by atoms with Crippen molar-refractivity contribution in [2.75, 3.05) is 10.0 Å². The Morgan fingerprint density at radius 3 is 2.17 bits per heavy atom. The Morgan fingerprint density at radius 1 is 0.867 bits per heavy atom. The highest BCUT2D eigenvalue weighted by Crippen LogP contribution is 2.33. The van der Waals surface area contributed by atoms with Gasteiger partial charge in [0.05, 0.1) is 20.8 Å². The number of sulfonamides is 1. The minimum absolute atomic E-state index is 0.0420. The monoisotopic (exact) mass is 502 g/mol. The van der Waals surface area contributed by atoms with Crippen LogP contribution < -0.4 is 10.0 Å². The predicted octanol–water partition coefficient (Wildman–Crippen LogP) is 6.66. The molecule has 0 bridgehead atoms. The average Bonchev–Trinajstić information content (AvgIpc) is 2.70.